The Balaban J connectivity index is 0.00000242. The Bertz CT molecular complexity index is 697. The molecule has 22 heavy (non-hydrogen) atoms. The van der Waals surface area contributed by atoms with Crippen LogP contribution in [0.3, 0.4) is 0 Å². The highest BCUT2D eigenvalue weighted by molar-refractivity contribution is 9.10. The quantitative estimate of drug-likeness (QED) is 0.415. The molecule has 0 aliphatic carbocycles. The maximum atomic E-state index is 11.1. The van der Waals surface area contributed by atoms with Crippen LogP contribution >= 0.6 is 28.3 Å². The lowest BCUT2D eigenvalue weighted by Crippen LogP contribution is -2.11. The number of nitro groups is 1. The number of nitrogens with one attached hydrogen (secondary N) is 1. The van der Waals surface area contributed by atoms with Crippen molar-refractivity contribution in [3.63, 3.8) is 0 Å². The number of nitro benzene ring substituents is 1. The molecule has 0 fully saturated rings. The van der Waals surface area contributed by atoms with Crippen LogP contribution in [0.25, 0.3) is 0 Å². The number of nitrogens with two attached hydrogens (primary N) is 2. The predicted octanol–water partition coefficient (Wildman–Crippen LogP) is 4.12. The maximum Gasteiger partial charge on any atom is 0.293 e. The molecule has 2 aromatic carbocycles. The number of rotatable bonds is 4. The van der Waals surface area contributed by atoms with Crippen LogP contribution in [0.5, 0.6) is 0 Å². The Morgan fingerprint density at radius 2 is 1.91 bits per heavy atom. The molecular formula is C14H16BrClN4O2. The third-order valence-corrected chi connectivity index (χ3v) is 3.60. The SMILES string of the molecule is CC(Nc1ccc(Br)cc1[N+](=O)[O-])c1cc(N)ccc1N.Cl. The van der Waals surface area contributed by atoms with E-state index >= 15 is 0 Å². The Morgan fingerprint density at radius 1 is 1.23 bits per heavy atom. The molecule has 0 spiro atoms. The van der Waals surface area contributed by atoms with E-state index in [2.05, 4.69) is 21.2 Å². The number of benzene rings is 2. The molecule has 8 heteroatoms. The Labute approximate surface area is 142 Å². The van der Waals surface area contributed by atoms with Gasteiger partial charge in [0.25, 0.3) is 5.69 Å². The highest BCUT2D eigenvalue weighted by Crippen LogP contribution is 2.32. The van der Waals surface area contributed by atoms with E-state index in [0.29, 0.717) is 21.5 Å². The molecule has 0 aliphatic heterocycles. The second-order valence-corrected chi connectivity index (χ2v) is 5.59. The lowest BCUT2D eigenvalue weighted by atomic mass is 10.0. The fraction of sp³-hybridized carbons (Fsp3) is 0.143. The number of nitrogen functional groups attached to an aromatic ring is 2. The molecule has 1 unspecified atom stereocenters. The van der Waals surface area contributed by atoms with Crippen LogP contribution in [0.4, 0.5) is 22.7 Å². The van der Waals surface area contributed by atoms with Crippen molar-refractivity contribution in [3.05, 3.63) is 56.5 Å². The molecule has 0 heterocycles. The molecule has 0 amide bonds. The monoisotopic (exact) mass is 386 g/mol. The molecule has 5 N–H and O–H groups in total. The molecule has 118 valence electrons. The van der Waals surface area contributed by atoms with Gasteiger partial charge in [-0.05, 0) is 42.8 Å². The van der Waals surface area contributed by atoms with Crippen molar-refractivity contribution in [2.75, 3.05) is 16.8 Å². The van der Waals surface area contributed by atoms with Crippen molar-refractivity contribution in [1.82, 2.24) is 0 Å². The van der Waals surface area contributed by atoms with Crippen molar-refractivity contribution in [1.29, 1.82) is 0 Å². The van der Waals surface area contributed by atoms with E-state index in [9.17, 15) is 10.1 Å². The summed E-state index contributed by atoms with van der Waals surface area (Å²) in [5, 5.41) is 14.2. The topological polar surface area (TPSA) is 107 Å². The first-order valence-corrected chi connectivity index (χ1v) is 7.03. The Hall–Kier alpha value is -1.99. The fourth-order valence-corrected chi connectivity index (χ4v) is 2.41. The number of hydrogen-bond acceptors (Lipinski definition) is 5. The summed E-state index contributed by atoms with van der Waals surface area (Å²) in [7, 11) is 0. The van der Waals surface area contributed by atoms with Gasteiger partial charge in [0, 0.05) is 21.9 Å². The van der Waals surface area contributed by atoms with E-state index in [4.69, 9.17) is 11.5 Å². The molecule has 0 bridgehead atoms. The van der Waals surface area contributed by atoms with Gasteiger partial charge >= 0.3 is 0 Å². The normalized spacial score (nSPS) is 11.4. The van der Waals surface area contributed by atoms with Crippen molar-refractivity contribution in [3.8, 4) is 0 Å². The van der Waals surface area contributed by atoms with Gasteiger partial charge in [0.05, 0.1) is 11.0 Å². The zero-order valence-electron chi connectivity index (χ0n) is 11.7. The average molecular weight is 388 g/mol. The van der Waals surface area contributed by atoms with Crippen molar-refractivity contribution >= 4 is 51.1 Å². The van der Waals surface area contributed by atoms with Crippen molar-refractivity contribution in [2.24, 2.45) is 0 Å². The van der Waals surface area contributed by atoms with Gasteiger partial charge in [0.2, 0.25) is 0 Å². The third-order valence-electron chi connectivity index (χ3n) is 3.11. The number of halogens is 2. The molecule has 0 aromatic heterocycles. The summed E-state index contributed by atoms with van der Waals surface area (Å²) in [5.74, 6) is 0. The van der Waals surface area contributed by atoms with Gasteiger partial charge in [-0.15, -0.1) is 12.4 Å². The largest absolute Gasteiger partial charge is 0.399 e. The standard InChI is InChI=1S/C14H15BrN4O2.ClH/c1-8(11-7-10(16)3-4-12(11)17)18-13-5-2-9(15)6-14(13)19(20)21;/h2-8,18H,16-17H2,1H3;1H. The summed E-state index contributed by atoms with van der Waals surface area (Å²) in [6.07, 6.45) is 0. The number of nitrogens with zero attached hydrogens (tertiary/aromatic N) is 1. The summed E-state index contributed by atoms with van der Waals surface area (Å²) in [4.78, 5) is 10.7. The minimum absolute atomic E-state index is 0. The fourth-order valence-electron chi connectivity index (χ4n) is 2.06. The summed E-state index contributed by atoms with van der Waals surface area (Å²) in [5.41, 5.74) is 14.1. The zero-order valence-corrected chi connectivity index (χ0v) is 14.1. The molecule has 0 aliphatic rings. The molecule has 1 atom stereocenters. The first kappa shape index (κ1) is 18.1. The van der Waals surface area contributed by atoms with E-state index in [0.717, 1.165) is 5.56 Å². The van der Waals surface area contributed by atoms with Crippen LogP contribution in [-0.2, 0) is 0 Å². The van der Waals surface area contributed by atoms with E-state index in [1.165, 1.54) is 6.07 Å². The van der Waals surface area contributed by atoms with Crippen LogP contribution < -0.4 is 16.8 Å². The first-order chi connectivity index (χ1) is 9.88. The maximum absolute atomic E-state index is 11.1. The van der Waals surface area contributed by atoms with Gasteiger partial charge in [-0.1, -0.05) is 15.9 Å². The minimum Gasteiger partial charge on any atom is -0.399 e. The molecule has 2 rings (SSSR count). The van der Waals surface area contributed by atoms with Gasteiger partial charge in [0.15, 0.2) is 0 Å². The van der Waals surface area contributed by atoms with Crippen LogP contribution in [-0.4, -0.2) is 4.92 Å². The minimum atomic E-state index is -0.428. The number of hydrogen-bond donors (Lipinski definition) is 3. The summed E-state index contributed by atoms with van der Waals surface area (Å²) in [6.45, 7) is 1.87. The predicted molar refractivity (Wildman–Crippen MR) is 95.3 cm³/mol. The summed E-state index contributed by atoms with van der Waals surface area (Å²) < 4.78 is 0.649. The van der Waals surface area contributed by atoms with E-state index < -0.39 is 4.92 Å². The van der Waals surface area contributed by atoms with E-state index in [1.54, 1.807) is 30.3 Å². The van der Waals surface area contributed by atoms with Gasteiger partial charge in [0.1, 0.15) is 5.69 Å². The number of anilines is 3. The van der Waals surface area contributed by atoms with Crippen LogP contribution in [0.2, 0.25) is 0 Å². The van der Waals surface area contributed by atoms with Gasteiger partial charge in [-0.3, -0.25) is 10.1 Å². The smallest absolute Gasteiger partial charge is 0.293 e. The second kappa shape index (κ2) is 7.33. The summed E-state index contributed by atoms with van der Waals surface area (Å²) >= 11 is 3.23. The first-order valence-electron chi connectivity index (χ1n) is 6.24. The second-order valence-electron chi connectivity index (χ2n) is 4.67. The average Bonchev–Trinajstić information content (AvgIpc) is 2.43. The molecule has 6 nitrogen and oxygen atoms in total. The molecule has 0 radical (unpaired) electrons. The Morgan fingerprint density at radius 3 is 2.55 bits per heavy atom. The Kier molecular flexibility index (Phi) is 6.01. The summed E-state index contributed by atoms with van der Waals surface area (Å²) in [6, 6.07) is 9.84. The van der Waals surface area contributed by atoms with Crippen LogP contribution in [0, 0.1) is 10.1 Å². The lowest BCUT2D eigenvalue weighted by molar-refractivity contribution is -0.384. The molecule has 2 aromatic rings. The lowest BCUT2D eigenvalue weighted by Gasteiger charge is -2.18. The van der Waals surface area contributed by atoms with Crippen LogP contribution in [0.15, 0.2) is 40.9 Å². The highest BCUT2D eigenvalue weighted by atomic mass is 79.9. The van der Waals surface area contributed by atoms with Crippen molar-refractivity contribution in [2.45, 2.75) is 13.0 Å². The van der Waals surface area contributed by atoms with Gasteiger partial charge in [-0.2, -0.15) is 0 Å². The van der Waals surface area contributed by atoms with E-state index in [-0.39, 0.29) is 24.1 Å². The van der Waals surface area contributed by atoms with E-state index in [1.807, 2.05) is 6.92 Å². The zero-order chi connectivity index (χ0) is 15.6. The van der Waals surface area contributed by atoms with Crippen molar-refractivity contribution < 1.29 is 4.92 Å². The molecule has 0 saturated heterocycles. The molecule has 0 saturated carbocycles. The molecular weight excluding hydrogens is 372 g/mol. The van der Waals surface area contributed by atoms with Gasteiger partial charge in [-0.25, -0.2) is 0 Å². The van der Waals surface area contributed by atoms with Gasteiger partial charge < -0.3 is 16.8 Å². The third kappa shape index (κ3) is 4.02. The highest BCUT2D eigenvalue weighted by Gasteiger charge is 2.17. The van der Waals surface area contributed by atoms with Crippen LogP contribution in [0.1, 0.15) is 18.5 Å².